The van der Waals surface area contributed by atoms with Crippen molar-refractivity contribution >= 4 is 17.4 Å². The van der Waals surface area contributed by atoms with Gasteiger partial charge in [-0.15, -0.1) is 0 Å². The predicted octanol–water partition coefficient (Wildman–Crippen LogP) is 2.46. The molecule has 2 rings (SSSR count). The van der Waals surface area contributed by atoms with E-state index >= 15 is 0 Å². The van der Waals surface area contributed by atoms with Crippen LogP contribution in [-0.4, -0.2) is 28.2 Å². The zero-order valence-corrected chi connectivity index (χ0v) is 11.3. The monoisotopic (exact) mass is 282 g/mol. The summed E-state index contributed by atoms with van der Waals surface area (Å²) in [5.74, 6) is -0.134. The van der Waals surface area contributed by atoms with E-state index in [4.69, 9.17) is 0 Å². The van der Waals surface area contributed by atoms with Gasteiger partial charge in [0.25, 0.3) is 12.3 Å². The molecule has 0 saturated heterocycles. The van der Waals surface area contributed by atoms with Gasteiger partial charge in [0.2, 0.25) is 0 Å². The van der Waals surface area contributed by atoms with Crippen molar-refractivity contribution in [2.45, 2.75) is 32.7 Å². The number of alkyl halides is 2. The summed E-state index contributed by atoms with van der Waals surface area (Å²) in [6.07, 6.45) is 0.561. The Hall–Kier alpha value is -2.18. The predicted molar refractivity (Wildman–Crippen MR) is 72.5 cm³/mol. The maximum atomic E-state index is 12.9. The summed E-state index contributed by atoms with van der Waals surface area (Å²) in [7, 11) is 0. The van der Waals surface area contributed by atoms with E-state index in [2.05, 4.69) is 22.3 Å². The first kappa shape index (κ1) is 14.2. The van der Waals surface area contributed by atoms with Gasteiger partial charge in [0.05, 0.1) is 6.20 Å². The van der Waals surface area contributed by atoms with Crippen molar-refractivity contribution < 1.29 is 13.6 Å². The lowest BCUT2D eigenvalue weighted by atomic mass is 10.2. The molecule has 0 aliphatic carbocycles. The lowest BCUT2D eigenvalue weighted by molar-refractivity contribution is 0.0940. The SMILES string of the molecule is C=C1C=C(C(F)F)n2ncc(C(=O)NC(C)CC)c2N1. The second-order valence-electron chi connectivity index (χ2n) is 4.62. The van der Waals surface area contributed by atoms with Crippen molar-refractivity contribution in [2.75, 3.05) is 5.32 Å². The third-order valence-corrected chi connectivity index (χ3v) is 3.07. The minimum Gasteiger partial charge on any atom is -0.349 e. The summed E-state index contributed by atoms with van der Waals surface area (Å²) >= 11 is 0. The van der Waals surface area contributed by atoms with Crippen LogP contribution in [0.2, 0.25) is 0 Å². The molecule has 20 heavy (non-hydrogen) atoms. The number of rotatable bonds is 4. The minimum atomic E-state index is -2.70. The molecule has 0 bridgehead atoms. The van der Waals surface area contributed by atoms with Gasteiger partial charge in [0.15, 0.2) is 0 Å². The molecule has 5 nitrogen and oxygen atoms in total. The molecule has 0 fully saturated rings. The normalized spacial score (nSPS) is 15.4. The highest BCUT2D eigenvalue weighted by molar-refractivity contribution is 6.00. The number of carbonyl (C=O) groups is 1. The molecule has 1 aliphatic heterocycles. The quantitative estimate of drug-likeness (QED) is 0.892. The Labute approximate surface area is 115 Å². The average molecular weight is 282 g/mol. The summed E-state index contributed by atoms with van der Waals surface area (Å²) < 4.78 is 26.9. The second-order valence-corrected chi connectivity index (χ2v) is 4.62. The number of nitrogens with one attached hydrogen (secondary N) is 2. The first-order valence-corrected chi connectivity index (χ1v) is 6.29. The van der Waals surface area contributed by atoms with Crippen molar-refractivity contribution in [1.82, 2.24) is 15.1 Å². The Kier molecular flexibility index (Phi) is 3.87. The molecular formula is C13H16F2N4O. The van der Waals surface area contributed by atoms with E-state index < -0.39 is 6.43 Å². The highest BCUT2D eigenvalue weighted by Crippen LogP contribution is 2.29. The number of hydrogen-bond donors (Lipinski definition) is 2. The zero-order valence-electron chi connectivity index (χ0n) is 11.3. The smallest absolute Gasteiger partial charge is 0.280 e. The fourth-order valence-corrected chi connectivity index (χ4v) is 1.82. The van der Waals surface area contributed by atoms with Gasteiger partial charge in [-0.2, -0.15) is 5.10 Å². The number of allylic oxidation sites excluding steroid dienone is 2. The Bertz CT molecular complexity index is 577. The highest BCUT2D eigenvalue weighted by atomic mass is 19.3. The molecule has 0 saturated carbocycles. The number of carbonyl (C=O) groups excluding carboxylic acids is 1. The van der Waals surface area contributed by atoms with Gasteiger partial charge in [-0.3, -0.25) is 4.79 Å². The van der Waals surface area contributed by atoms with E-state index in [0.29, 0.717) is 5.70 Å². The molecule has 0 radical (unpaired) electrons. The summed E-state index contributed by atoms with van der Waals surface area (Å²) in [5.41, 5.74) is 0.218. The van der Waals surface area contributed by atoms with Gasteiger partial charge in [-0.1, -0.05) is 13.5 Å². The number of anilines is 1. The van der Waals surface area contributed by atoms with Crippen LogP contribution in [0.1, 0.15) is 30.6 Å². The van der Waals surface area contributed by atoms with Crippen LogP contribution in [0.3, 0.4) is 0 Å². The fraction of sp³-hybridized carbons (Fsp3) is 0.385. The van der Waals surface area contributed by atoms with E-state index in [9.17, 15) is 13.6 Å². The van der Waals surface area contributed by atoms with Gasteiger partial charge in [0, 0.05) is 11.7 Å². The van der Waals surface area contributed by atoms with E-state index in [1.54, 1.807) is 0 Å². The fourth-order valence-electron chi connectivity index (χ4n) is 1.82. The summed E-state index contributed by atoms with van der Waals surface area (Å²) in [6.45, 7) is 7.42. The Morgan fingerprint density at radius 3 is 2.90 bits per heavy atom. The number of nitrogens with zero attached hydrogens (tertiary/aromatic N) is 2. The molecule has 2 N–H and O–H groups in total. The van der Waals surface area contributed by atoms with E-state index in [1.165, 1.54) is 12.3 Å². The lowest BCUT2D eigenvalue weighted by Crippen LogP contribution is -2.32. The number of hydrogen-bond acceptors (Lipinski definition) is 3. The molecule has 1 amide bonds. The van der Waals surface area contributed by atoms with Crippen LogP contribution in [-0.2, 0) is 0 Å². The van der Waals surface area contributed by atoms with Crippen LogP contribution < -0.4 is 10.6 Å². The van der Waals surface area contributed by atoms with Gasteiger partial charge in [0.1, 0.15) is 17.1 Å². The summed E-state index contributed by atoms with van der Waals surface area (Å²) in [5, 5.41) is 9.42. The molecule has 108 valence electrons. The standard InChI is InChI=1S/C13H16F2N4O/c1-4-7(2)18-13(20)9-6-16-19-10(11(14)15)5-8(3)17-12(9)19/h5-7,11,17H,3-4H2,1-2H3,(H,18,20). The van der Waals surface area contributed by atoms with Gasteiger partial charge in [-0.25, -0.2) is 13.5 Å². The van der Waals surface area contributed by atoms with Crippen molar-refractivity contribution in [3.05, 3.63) is 30.1 Å². The van der Waals surface area contributed by atoms with Gasteiger partial charge < -0.3 is 10.6 Å². The summed E-state index contributed by atoms with van der Waals surface area (Å²) in [4.78, 5) is 12.1. The maximum Gasteiger partial charge on any atom is 0.280 e. The molecule has 7 heteroatoms. The van der Waals surface area contributed by atoms with Crippen molar-refractivity contribution in [1.29, 1.82) is 0 Å². The summed E-state index contributed by atoms with van der Waals surface area (Å²) in [6, 6.07) is -0.00467. The van der Waals surface area contributed by atoms with Crippen LogP contribution in [0.5, 0.6) is 0 Å². The molecule has 0 spiro atoms. The van der Waals surface area contributed by atoms with Crippen molar-refractivity contribution in [3.63, 3.8) is 0 Å². The number of halogens is 2. The van der Waals surface area contributed by atoms with Crippen LogP contribution in [0.25, 0.3) is 5.70 Å². The Morgan fingerprint density at radius 2 is 2.30 bits per heavy atom. The van der Waals surface area contributed by atoms with Crippen molar-refractivity contribution in [3.8, 4) is 0 Å². The Morgan fingerprint density at radius 1 is 1.60 bits per heavy atom. The molecule has 1 atom stereocenters. The van der Waals surface area contributed by atoms with E-state index in [-0.39, 0.29) is 29.0 Å². The van der Waals surface area contributed by atoms with Gasteiger partial charge in [-0.05, 0) is 19.4 Å². The first-order chi connectivity index (χ1) is 9.43. The molecule has 2 heterocycles. The zero-order chi connectivity index (χ0) is 14.9. The molecule has 1 aromatic rings. The van der Waals surface area contributed by atoms with E-state index in [0.717, 1.165) is 11.1 Å². The highest BCUT2D eigenvalue weighted by Gasteiger charge is 2.27. The first-order valence-electron chi connectivity index (χ1n) is 6.29. The number of fused-ring (bicyclic) bond motifs is 1. The van der Waals surface area contributed by atoms with Crippen molar-refractivity contribution in [2.24, 2.45) is 0 Å². The van der Waals surface area contributed by atoms with Gasteiger partial charge >= 0.3 is 0 Å². The van der Waals surface area contributed by atoms with Crippen LogP contribution >= 0.6 is 0 Å². The largest absolute Gasteiger partial charge is 0.349 e. The van der Waals surface area contributed by atoms with E-state index in [1.807, 2.05) is 13.8 Å². The third-order valence-electron chi connectivity index (χ3n) is 3.07. The second kappa shape index (κ2) is 5.44. The molecular weight excluding hydrogens is 266 g/mol. The Balaban J connectivity index is 2.35. The maximum absolute atomic E-state index is 12.9. The molecule has 0 aromatic carbocycles. The van der Waals surface area contributed by atoms with Crippen LogP contribution in [0.15, 0.2) is 24.5 Å². The molecule has 1 aromatic heterocycles. The van der Waals surface area contributed by atoms with Crippen LogP contribution in [0.4, 0.5) is 14.6 Å². The third kappa shape index (κ3) is 2.56. The lowest BCUT2D eigenvalue weighted by Gasteiger charge is -2.20. The van der Waals surface area contributed by atoms with Crippen LogP contribution in [0, 0.1) is 0 Å². The minimum absolute atomic E-state index is 0.00467. The average Bonchev–Trinajstić information content (AvgIpc) is 2.80. The molecule has 1 unspecified atom stereocenters. The number of amides is 1. The number of aromatic nitrogens is 2. The molecule has 1 aliphatic rings. The topological polar surface area (TPSA) is 59.0 Å².